The van der Waals surface area contributed by atoms with E-state index in [1.54, 1.807) is 15.6 Å². The van der Waals surface area contributed by atoms with Crippen molar-refractivity contribution in [2.24, 2.45) is 13.0 Å². The molecule has 6 nitrogen and oxygen atoms in total. The second-order valence-electron chi connectivity index (χ2n) is 6.90. The van der Waals surface area contributed by atoms with E-state index in [4.69, 9.17) is 0 Å². The van der Waals surface area contributed by atoms with Gasteiger partial charge in [0.2, 0.25) is 0 Å². The molecule has 0 spiro atoms. The molecule has 1 saturated heterocycles. The maximum absolute atomic E-state index is 12.8. The maximum Gasteiger partial charge on any atom is 0.308 e. The molecule has 2 aromatic rings. The van der Waals surface area contributed by atoms with E-state index in [0.29, 0.717) is 12.2 Å². The van der Waals surface area contributed by atoms with Crippen LogP contribution in [0.4, 0.5) is 0 Å². The quantitative estimate of drug-likeness (QED) is 0.927. The average molecular weight is 341 g/mol. The lowest BCUT2D eigenvalue weighted by molar-refractivity contribution is -0.141. The summed E-state index contributed by atoms with van der Waals surface area (Å²) in [5, 5.41) is 13.9. The van der Waals surface area contributed by atoms with Gasteiger partial charge in [-0.05, 0) is 17.5 Å². The summed E-state index contributed by atoms with van der Waals surface area (Å²) in [7, 11) is 1.82. The molecule has 1 aliphatic rings. The molecule has 3 rings (SSSR count). The molecule has 1 aliphatic heterocycles. The Hall–Kier alpha value is -2.63. The SMILES string of the molecule is CC(C)c1cc(C(=O)N2C[C@H](C(=O)O)[C@H](c3ccccc3)C2)nn1C. The first kappa shape index (κ1) is 17.2. The van der Waals surface area contributed by atoms with E-state index in [9.17, 15) is 14.7 Å². The van der Waals surface area contributed by atoms with Gasteiger partial charge < -0.3 is 10.0 Å². The molecule has 1 aromatic heterocycles. The first-order valence-electron chi connectivity index (χ1n) is 8.49. The number of carboxylic acid groups (broad SMARTS) is 1. The smallest absolute Gasteiger partial charge is 0.308 e. The van der Waals surface area contributed by atoms with Gasteiger partial charge in [0.05, 0.1) is 5.92 Å². The predicted octanol–water partition coefficient (Wildman–Crippen LogP) is 2.48. The largest absolute Gasteiger partial charge is 0.481 e. The molecule has 1 N–H and O–H groups in total. The maximum atomic E-state index is 12.8. The van der Waals surface area contributed by atoms with Crippen LogP contribution < -0.4 is 0 Å². The number of carboxylic acids is 1. The third kappa shape index (κ3) is 3.29. The fraction of sp³-hybridized carbons (Fsp3) is 0.421. The topological polar surface area (TPSA) is 75.4 Å². The Labute approximate surface area is 147 Å². The number of rotatable bonds is 4. The number of hydrogen-bond acceptors (Lipinski definition) is 3. The summed E-state index contributed by atoms with van der Waals surface area (Å²) in [6.07, 6.45) is 0. The van der Waals surface area contributed by atoms with Crippen LogP contribution in [0.15, 0.2) is 36.4 Å². The highest BCUT2D eigenvalue weighted by Crippen LogP contribution is 2.33. The van der Waals surface area contributed by atoms with Gasteiger partial charge in [0, 0.05) is 31.7 Å². The number of nitrogens with zero attached hydrogens (tertiary/aromatic N) is 3. The minimum Gasteiger partial charge on any atom is -0.481 e. The monoisotopic (exact) mass is 341 g/mol. The predicted molar refractivity (Wildman–Crippen MR) is 93.5 cm³/mol. The molecule has 0 unspecified atom stereocenters. The van der Waals surface area contributed by atoms with Crippen LogP contribution in [-0.4, -0.2) is 44.8 Å². The first-order chi connectivity index (χ1) is 11.9. The van der Waals surface area contributed by atoms with E-state index < -0.39 is 11.9 Å². The van der Waals surface area contributed by atoms with Crippen LogP contribution in [0.5, 0.6) is 0 Å². The van der Waals surface area contributed by atoms with Crippen molar-refractivity contribution in [3.63, 3.8) is 0 Å². The van der Waals surface area contributed by atoms with Gasteiger partial charge in [-0.15, -0.1) is 0 Å². The number of likely N-dealkylation sites (tertiary alicyclic amines) is 1. The zero-order valence-electron chi connectivity index (χ0n) is 14.7. The Morgan fingerprint density at radius 3 is 2.44 bits per heavy atom. The Kier molecular flexibility index (Phi) is 4.61. The van der Waals surface area contributed by atoms with Crippen molar-refractivity contribution in [1.82, 2.24) is 14.7 Å². The third-order valence-corrected chi connectivity index (χ3v) is 4.88. The number of carbonyl (C=O) groups excluding carboxylic acids is 1. The molecule has 25 heavy (non-hydrogen) atoms. The summed E-state index contributed by atoms with van der Waals surface area (Å²) in [6.45, 7) is 4.70. The van der Waals surface area contributed by atoms with Crippen molar-refractivity contribution in [1.29, 1.82) is 0 Å². The first-order valence-corrected chi connectivity index (χ1v) is 8.49. The summed E-state index contributed by atoms with van der Waals surface area (Å²) in [6, 6.07) is 11.3. The zero-order chi connectivity index (χ0) is 18.1. The molecule has 0 saturated carbocycles. The summed E-state index contributed by atoms with van der Waals surface area (Å²) < 4.78 is 1.72. The van der Waals surface area contributed by atoms with Gasteiger partial charge in [-0.25, -0.2) is 0 Å². The molecule has 0 radical (unpaired) electrons. The number of benzene rings is 1. The Morgan fingerprint density at radius 2 is 1.88 bits per heavy atom. The highest BCUT2D eigenvalue weighted by Gasteiger charge is 2.41. The van der Waals surface area contributed by atoms with Crippen LogP contribution in [0, 0.1) is 5.92 Å². The Bertz CT molecular complexity index is 782. The Morgan fingerprint density at radius 1 is 1.20 bits per heavy atom. The van der Waals surface area contributed by atoms with Crippen LogP contribution in [0.1, 0.15) is 47.4 Å². The van der Waals surface area contributed by atoms with E-state index >= 15 is 0 Å². The Balaban J connectivity index is 1.85. The van der Waals surface area contributed by atoms with Crippen LogP contribution in [-0.2, 0) is 11.8 Å². The van der Waals surface area contributed by atoms with Crippen molar-refractivity contribution < 1.29 is 14.7 Å². The molecule has 0 aliphatic carbocycles. The molecule has 132 valence electrons. The average Bonchev–Trinajstić information content (AvgIpc) is 3.19. The second-order valence-corrected chi connectivity index (χ2v) is 6.90. The number of carbonyl (C=O) groups is 2. The van der Waals surface area contributed by atoms with E-state index in [1.165, 1.54) is 0 Å². The third-order valence-electron chi connectivity index (χ3n) is 4.88. The number of aromatic nitrogens is 2. The minimum absolute atomic E-state index is 0.198. The van der Waals surface area contributed by atoms with Gasteiger partial charge >= 0.3 is 5.97 Å². The van der Waals surface area contributed by atoms with Crippen molar-refractivity contribution in [3.05, 3.63) is 53.3 Å². The fourth-order valence-electron chi connectivity index (χ4n) is 3.55. The lowest BCUT2D eigenvalue weighted by atomic mass is 9.89. The molecule has 0 bridgehead atoms. The molecule has 1 fully saturated rings. The highest BCUT2D eigenvalue weighted by atomic mass is 16.4. The molecular formula is C19H23N3O3. The molecule has 2 atom stereocenters. The summed E-state index contributed by atoms with van der Waals surface area (Å²) in [5.74, 6) is -1.60. The van der Waals surface area contributed by atoms with Gasteiger partial charge in [0.25, 0.3) is 5.91 Å². The minimum atomic E-state index is -0.868. The lowest BCUT2D eigenvalue weighted by Crippen LogP contribution is -2.30. The summed E-state index contributed by atoms with van der Waals surface area (Å²) in [5.41, 5.74) is 2.31. The number of amides is 1. The van der Waals surface area contributed by atoms with Gasteiger partial charge in [-0.3, -0.25) is 14.3 Å². The molecular weight excluding hydrogens is 318 g/mol. The lowest BCUT2D eigenvalue weighted by Gasteiger charge is -2.15. The summed E-state index contributed by atoms with van der Waals surface area (Å²) in [4.78, 5) is 26.1. The van der Waals surface area contributed by atoms with E-state index in [2.05, 4.69) is 5.10 Å². The fourth-order valence-corrected chi connectivity index (χ4v) is 3.55. The van der Waals surface area contributed by atoms with Gasteiger partial charge in [0.15, 0.2) is 5.69 Å². The van der Waals surface area contributed by atoms with Crippen LogP contribution >= 0.6 is 0 Å². The standard InChI is InChI=1S/C19H23N3O3/c1-12(2)17-9-16(20-21(17)3)18(23)22-10-14(15(11-22)19(24)25)13-7-5-4-6-8-13/h4-9,12,14-15H,10-11H2,1-3H3,(H,24,25)/t14-,15-/m0/s1. The molecule has 1 amide bonds. The number of aryl methyl sites for hydroxylation is 1. The van der Waals surface area contributed by atoms with E-state index in [0.717, 1.165) is 11.3 Å². The number of hydrogen-bond donors (Lipinski definition) is 1. The normalized spacial score (nSPS) is 20.2. The van der Waals surface area contributed by atoms with Gasteiger partial charge in [-0.2, -0.15) is 5.10 Å². The van der Waals surface area contributed by atoms with E-state index in [-0.39, 0.29) is 24.3 Å². The van der Waals surface area contributed by atoms with Crippen LogP contribution in [0.25, 0.3) is 0 Å². The van der Waals surface area contributed by atoms with Crippen LogP contribution in [0.2, 0.25) is 0 Å². The van der Waals surface area contributed by atoms with Crippen LogP contribution in [0.3, 0.4) is 0 Å². The highest BCUT2D eigenvalue weighted by molar-refractivity contribution is 5.93. The van der Waals surface area contributed by atoms with Gasteiger partial charge in [0.1, 0.15) is 0 Å². The zero-order valence-corrected chi connectivity index (χ0v) is 14.7. The molecule has 6 heteroatoms. The number of aliphatic carboxylic acids is 1. The van der Waals surface area contributed by atoms with Crippen molar-refractivity contribution >= 4 is 11.9 Å². The van der Waals surface area contributed by atoms with Gasteiger partial charge in [-0.1, -0.05) is 44.2 Å². The van der Waals surface area contributed by atoms with E-state index in [1.807, 2.05) is 51.2 Å². The molecule has 2 heterocycles. The van der Waals surface area contributed by atoms with Crippen molar-refractivity contribution in [2.75, 3.05) is 13.1 Å². The van der Waals surface area contributed by atoms with Crippen molar-refractivity contribution in [3.8, 4) is 0 Å². The summed E-state index contributed by atoms with van der Waals surface area (Å²) >= 11 is 0. The molecule has 1 aromatic carbocycles. The second kappa shape index (κ2) is 6.70. The van der Waals surface area contributed by atoms with Crippen molar-refractivity contribution in [2.45, 2.75) is 25.7 Å².